The average Bonchev–Trinajstić information content (AvgIpc) is 2.09. The minimum atomic E-state index is -0.138. The summed E-state index contributed by atoms with van der Waals surface area (Å²) in [7, 11) is 0. The van der Waals surface area contributed by atoms with Crippen LogP contribution in [0, 0.1) is 6.92 Å². The number of phenolic OH excluding ortho intramolecular Hbond substituents is 1. The molecule has 0 saturated carbocycles. The van der Waals surface area contributed by atoms with E-state index in [4.69, 9.17) is 5.11 Å². The molecule has 63 valence electrons. The van der Waals surface area contributed by atoms with E-state index < -0.39 is 0 Å². The lowest BCUT2D eigenvalue weighted by Crippen LogP contribution is -2.08. The standard InChI is InChI=1S/C9H10NO2/c1-2-9(12)10-7-3-5-8(11)6-4-7/h3-6,11H,1-2H2,(H,10,12). The lowest BCUT2D eigenvalue weighted by atomic mass is 10.3. The van der Waals surface area contributed by atoms with Gasteiger partial charge in [-0.2, -0.15) is 0 Å². The molecule has 1 radical (unpaired) electrons. The average molecular weight is 164 g/mol. The summed E-state index contributed by atoms with van der Waals surface area (Å²) in [6.45, 7) is 3.44. The first kappa shape index (κ1) is 8.59. The molecule has 0 aliphatic rings. The van der Waals surface area contributed by atoms with Crippen molar-refractivity contribution in [3.8, 4) is 5.75 Å². The molecule has 2 N–H and O–H groups in total. The van der Waals surface area contributed by atoms with Gasteiger partial charge in [-0.25, -0.2) is 0 Å². The summed E-state index contributed by atoms with van der Waals surface area (Å²) >= 11 is 0. The van der Waals surface area contributed by atoms with E-state index in [1.807, 2.05) is 0 Å². The van der Waals surface area contributed by atoms with Gasteiger partial charge in [-0.05, 0) is 31.2 Å². The molecule has 1 rings (SSSR count). The number of carbonyl (C=O) groups excluding carboxylic acids is 1. The summed E-state index contributed by atoms with van der Waals surface area (Å²) in [5, 5.41) is 11.5. The maximum absolute atomic E-state index is 10.8. The first-order valence-corrected chi connectivity index (χ1v) is 3.60. The van der Waals surface area contributed by atoms with Gasteiger partial charge in [0.2, 0.25) is 5.91 Å². The summed E-state index contributed by atoms with van der Waals surface area (Å²) in [5.41, 5.74) is 0.668. The van der Waals surface area contributed by atoms with Crippen molar-refractivity contribution in [3.63, 3.8) is 0 Å². The van der Waals surface area contributed by atoms with Gasteiger partial charge in [0.25, 0.3) is 0 Å². The van der Waals surface area contributed by atoms with Gasteiger partial charge < -0.3 is 10.4 Å². The molecule has 3 nitrogen and oxygen atoms in total. The monoisotopic (exact) mass is 164 g/mol. The van der Waals surface area contributed by atoms with E-state index in [-0.39, 0.29) is 18.1 Å². The molecule has 0 aliphatic carbocycles. The summed E-state index contributed by atoms with van der Waals surface area (Å²) in [6, 6.07) is 6.28. The zero-order valence-electron chi connectivity index (χ0n) is 6.58. The Morgan fingerprint density at radius 3 is 2.50 bits per heavy atom. The van der Waals surface area contributed by atoms with Crippen LogP contribution in [0.3, 0.4) is 0 Å². The number of aromatic hydroxyl groups is 1. The maximum Gasteiger partial charge on any atom is 0.224 e. The van der Waals surface area contributed by atoms with Crippen molar-refractivity contribution in [3.05, 3.63) is 31.2 Å². The fraction of sp³-hybridized carbons (Fsp3) is 0.111. The van der Waals surface area contributed by atoms with Crippen LogP contribution in [0.4, 0.5) is 5.69 Å². The van der Waals surface area contributed by atoms with Gasteiger partial charge in [0.05, 0.1) is 0 Å². The Morgan fingerprint density at radius 1 is 1.42 bits per heavy atom. The van der Waals surface area contributed by atoms with Crippen LogP contribution >= 0.6 is 0 Å². The smallest absolute Gasteiger partial charge is 0.224 e. The molecule has 0 aromatic heterocycles. The zero-order valence-corrected chi connectivity index (χ0v) is 6.58. The summed E-state index contributed by atoms with van der Waals surface area (Å²) in [6.07, 6.45) is 0.209. The van der Waals surface area contributed by atoms with E-state index in [1.165, 1.54) is 12.1 Å². The fourth-order valence-electron chi connectivity index (χ4n) is 0.768. The molecule has 0 heterocycles. The van der Waals surface area contributed by atoms with Crippen molar-refractivity contribution in [2.24, 2.45) is 0 Å². The summed E-state index contributed by atoms with van der Waals surface area (Å²) < 4.78 is 0. The van der Waals surface area contributed by atoms with Gasteiger partial charge in [-0.15, -0.1) is 0 Å². The van der Waals surface area contributed by atoms with E-state index in [0.717, 1.165) is 0 Å². The number of amides is 1. The normalized spacial score (nSPS) is 9.42. The second-order valence-electron chi connectivity index (χ2n) is 2.35. The molecule has 1 aromatic carbocycles. The van der Waals surface area contributed by atoms with Crippen LogP contribution in [0.25, 0.3) is 0 Å². The van der Waals surface area contributed by atoms with Crippen molar-refractivity contribution >= 4 is 11.6 Å². The van der Waals surface area contributed by atoms with Crippen LogP contribution in [0.2, 0.25) is 0 Å². The van der Waals surface area contributed by atoms with Crippen LogP contribution < -0.4 is 5.32 Å². The summed E-state index contributed by atoms with van der Waals surface area (Å²) in [4.78, 5) is 10.8. The third kappa shape index (κ3) is 2.27. The number of hydrogen-bond acceptors (Lipinski definition) is 2. The first-order chi connectivity index (χ1) is 5.72. The maximum atomic E-state index is 10.8. The Morgan fingerprint density at radius 2 is 2.00 bits per heavy atom. The van der Waals surface area contributed by atoms with E-state index in [9.17, 15) is 4.79 Å². The van der Waals surface area contributed by atoms with Crippen molar-refractivity contribution in [2.75, 3.05) is 5.32 Å². The van der Waals surface area contributed by atoms with E-state index >= 15 is 0 Å². The van der Waals surface area contributed by atoms with Gasteiger partial charge in [-0.3, -0.25) is 4.79 Å². The lowest BCUT2D eigenvalue weighted by Gasteiger charge is -2.02. The van der Waals surface area contributed by atoms with Gasteiger partial charge in [0.1, 0.15) is 5.75 Å². The highest BCUT2D eigenvalue weighted by Gasteiger charge is 1.97. The third-order valence-electron chi connectivity index (χ3n) is 1.38. The number of carbonyl (C=O) groups is 1. The number of benzene rings is 1. The molecule has 0 spiro atoms. The Labute approximate surface area is 71.0 Å². The van der Waals surface area contributed by atoms with Crippen molar-refractivity contribution in [1.82, 2.24) is 0 Å². The van der Waals surface area contributed by atoms with Crippen molar-refractivity contribution < 1.29 is 9.90 Å². The Hall–Kier alpha value is -1.51. The Bertz CT molecular complexity index is 266. The first-order valence-electron chi connectivity index (χ1n) is 3.60. The van der Waals surface area contributed by atoms with Gasteiger partial charge in [0.15, 0.2) is 0 Å². The molecule has 12 heavy (non-hydrogen) atoms. The Kier molecular flexibility index (Phi) is 2.69. The second kappa shape index (κ2) is 3.76. The second-order valence-corrected chi connectivity index (χ2v) is 2.35. The highest BCUT2D eigenvalue weighted by molar-refractivity contribution is 5.90. The minimum absolute atomic E-state index is 0.138. The van der Waals surface area contributed by atoms with E-state index in [0.29, 0.717) is 5.69 Å². The van der Waals surface area contributed by atoms with Gasteiger partial charge in [0, 0.05) is 12.1 Å². The molecule has 0 aliphatic heterocycles. The van der Waals surface area contributed by atoms with Crippen LogP contribution in [0.1, 0.15) is 6.42 Å². The molecule has 0 bridgehead atoms. The number of nitrogens with one attached hydrogen (secondary N) is 1. The Balaban J connectivity index is 2.64. The number of anilines is 1. The summed E-state index contributed by atoms with van der Waals surface area (Å²) in [5.74, 6) is 0.0447. The molecule has 0 saturated heterocycles. The SMILES string of the molecule is [CH2]CC(=O)Nc1ccc(O)cc1. The molecular weight excluding hydrogens is 154 g/mol. The van der Waals surface area contributed by atoms with Crippen LogP contribution in [0.15, 0.2) is 24.3 Å². The predicted molar refractivity (Wildman–Crippen MR) is 46.7 cm³/mol. The largest absolute Gasteiger partial charge is 0.508 e. The van der Waals surface area contributed by atoms with Crippen LogP contribution in [-0.4, -0.2) is 11.0 Å². The molecule has 0 atom stereocenters. The molecular formula is C9H10NO2. The number of rotatable bonds is 2. The van der Waals surface area contributed by atoms with Crippen molar-refractivity contribution in [2.45, 2.75) is 6.42 Å². The zero-order chi connectivity index (χ0) is 8.97. The van der Waals surface area contributed by atoms with Crippen molar-refractivity contribution in [1.29, 1.82) is 0 Å². The van der Waals surface area contributed by atoms with Crippen LogP contribution in [-0.2, 0) is 4.79 Å². The van der Waals surface area contributed by atoms with Crippen LogP contribution in [0.5, 0.6) is 5.75 Å². The predicted octanol–water partition coefficient (Wildman–Crippen LogP) is 1.55. The van der Waals surface area contributed by atoms with E-state index in [1.54, 1.807) is 12.1 Å². The molecule has 3 heteroatoms. The third-order valence-corrected chi connectivity index (χ3v) is 1.38. The van der Waals surface area contributed by atoms with E-state index in [2.05, 4.69) is 12.2 Å². The van der Waals surface area contributed by atoms with Gasteiger partial charge >= 0.3 is 0 Å². The topological polar surface area (TPSA) is 49.3 Å². The molecule has 0 unspecified atom stereocenters. The number of phenols is 1. The highest BCUT2D eigenvalue weighted by atomic mass is 16.3. The number of hydrogen-bond donors (Lipinski definition) is 2. The fourth-order valence-corrected chi connectivity index (χ4v) is 0.768. The highest BCUT2D eigenvalue weighted by Crippen LogP contribution is 2.13. The van der Waals surface area contributed by atoms with Gasteiger partial charge in [-0.1, -0.05) is 0 Å². The molecule has 1 amide bonds. The minimum Gasteiger partial charge on any atom is -0.508 e. The lowest BCUT2D eigenvalue weighted by molar-refractivity contribution is -0.115. The quantitative estimate of drug-likeness (QED) is 0.651. The molecule has 0 fully saturated rings. The molecule has 1 aromatic rings.